The van der Waals surface area contributed by atoms with Gasteiger partial charge in [-0.3, -0.25) is 4.79 Å². The summed E-state index contributed by atoms with van der Waals surface area (Å²) in [4.78, 5) is 11.8. The molecular weight excluding hydrogens is 307 g/mol. The zero-order valence-corrected chi connectivity index (χ0v) is 14.2. The molecule has 1 rings (SSSR count). The van der Waals surface area contributed by atoms with E-state index >= 15 is 0 Å². The van der Waals surface area contributed by atoms with Crippen LogP contribution in [0.2, 0.25) is 0 Å². The Kier molecular flexibility index (Phi) is 9.06. The quantitative estimate of drug-likeness (QED) is 0.755. The zero-order chi connectivity index (χ0) is 15.9. The van der Waals surface area contributed by atoms with Crippen molar-refractivity contribution in [3.05, 3.63) is 30.1 Å². The number of carbonyl (C=O) groups excluding carboxylic acids is 1. The van der Waals surface area contributed by atoms with E-state index in [1.165, 1.54) is 12.1 Å². The number of carbonyl (C=O) groups is 1. The first-order valence-corrected chi connectivity index (χ1v) is 7.22. The van der Waals surface area contributed by atoms with E-state index in [4.69, 9.17) is 10.5 Å². The minimum Gasteiger partial charge on any atom is -0.494 e. The molecule has 0 saturated heterocycles. The van der Waals surface area contributed by atoms with Gasteiger partial charge in [0.2, 0.25) is 5.91 Å². The Morgan fingerprint density at radius 3 is 2.41 bits per heavy atom. The third kappa shape index (κ3) is 7.61. The molecule has 126 valence electrons. The third-order valence-electron chi connectivity index (χ3n) is 3.17. The number of benzene rings is 1. The fourth-order valence-corrected chi connectivity index (χ4v) is 1.66. The van der Waals surface area contributed by atoms with Crippen molar-refractivity contribution in [2.75, 3.05) is 13.2 Å². The molecular formula is C16H26ClFN2O2. The second-order valence-electron chi connectivity index (χ2n) is 6.14. The normalized spacial score (nSPS) is 12.2. The highest BCUT2D eigenvalue weighted by molar-refractivity contribution is 5.85. The lowest BCUT2D eigenvalue weighted by Crippen LogP contribution is -2.48. The number of rotatable bonds is 7. The number of nitrogens with one attached hydrogen (secondary N) is 1. The van der Waals surface area contributed by atoms with Crippen molar-refractivity contribution in [2.45, 2.75) is 39.7 Å². The summed E-state index contributed by atoms with van der Waals surface area (Å²) in [5.41, 5.74) is 5.62. The van der Waals surface area contributed by atoms with Crippen LogP contribution in [-0.4, -0.2) is 25.1 Å². The molecule has 0 spiro atoms. The zero-order valence-electron chi connectivity index (χ0n) is 13.4. The Morgan fingerprint density at radius 1 is 1.27 bits per heavy atom. The Bertz CT molecular complexity index is 446. The van der Waals surface area contributed by atoms with E-state index < -0.39 is 6.04 Å². The number of ether oxygens (including phenoxy) is 1. The predicted octanol–water partition coefficient (Wildman–Crippen LogP) is 2.90. The molecule has 22 heavy (non-hydrogen) atoms. The number of halogens is 2. The molecule has 1 amide bonds. The topological polar surface area (TPSA) is 64.4 Å². The van der Waals surface area contributed by atoms with Crippen LogP contribution in [0.1, 0.15) is 33.6 Å². The second-order valence-corrected chi connectivity index (χ2v) is 6.14. The molecule has 0 heterocycles. The summed E-state index contributed by atoms with van der Waals surface area (Å²) in [7, 11) is 0. The van der Waals surface area contributed by atoms with E-state index in [1.54, 1.807) is 12.1 Å². The molecule has 6 heteroatoms. The van der Waals surface area contributed by atoms with Crippen LogP contribution >= 0.6 is 12.4 Å². The number of amides is 1. The summed E-state index contributed by atoms with van der Waals surface area (Å²) in [6, 6.07) is 5.42. The maximum Gasteiger partial charge on any atom is 0.237 e. The molecule has 0 aromatic heterocycles. The lowest BCUT2D eigenvalue weighted by atomic mass is 9.87. The fraction of sp³-hybridized carbons (Fsp3) is 0.562. The van der Waals surface area contributed by atoms with Crippen molar-refractivity contribution >= 4 is 18.3 Å². The monoisotopic (exact) mass is 332 g/mol. The second kappa shape index (κ2) is 9.64. The Balaban J connectivity index is 0.00000441. The maximum absolute atomic E-state index is 12.7. The first kappa shape index (κ1) is 20.7. The molecule has 0 saturated carbocycles. The van der Waals surface area contributed by atoms with Gasteiger partial charge >= 0.3 is 0 Å². The molecule has 1 aromatic rings. The first-order valence-electron chi connectivity index (χ1n) is 7.22. The summed E-state index contributed by atoms with van der Waals surface area (Å²) in [5.74, 6) is 0.248. The van der Waals surface area contributed by atoms with Gasteiger partial charge in [0.05, 0.1) is 12.6 Å². The molecule has 1 atom stereocenters. The van der Waals surface area contributed by atoms with E-state index in [1.807, 2.05) is 20.8 Å². The van der Waals surface area contributed by atoms with Gasteiger partial charge in [0.1, 0.15) is 11.6 Å². The lowest BCUT2D eigenvalue weighted by Gasteiger charge is -2.25. The van der Waals surface area contributed by atoms with Crippen LogP contribution in [-0.2, 0) is 4.79 Å². The highest BCUT2D eigenvalue weighted by Gasteiger charge is 2.26. The fourth-order valence-electron chi connectivity index (χ4n) is 1.66. The molecule has 4 nitrogen and oxygen atoms in total. The van der Waals surface area contributed by atoms with Crippen LogP contribution in [0.3, 0.4) is 0 Å². The van der Waals surface area contributed by atoms with Crippen molar-refractivity contribution in [2.24, 2.45) is 11.1 Å². The molecule has 0 aliphatic rings. The standard InChI is InChI=1S/C16H25FN2O2.ClH/c1-16(2,3)14(18)15(20)19-10-4-5-11-21-13-8-6-12(17)7-9-13;/h6-9,14H,4-5,10-11,18H2,1-3H3,(H,19,20);1H/t14-;/m1./s1. The van der Waals surface area contributed by atoms with Crippen LogP contribution in [0.5, 0.6) is 5.75 Å². The molecule has 0 radical (unpaired) electrons. The van der Waals surface area contributed by atoms with Crippen LogP contribution in [0.4, 0.5) is 4.39 Å². The SMILES string of the molecule is CC(C)(C)[C@H](N)C(=O)NCCCCOc1ccc(F)cc1.Cl. The smallest absolute Gasteiger partial charge is 0.237 e. The minimum absolute atomic E-state index is 0. The number of nitrogens with two attached hydrogens (primary N) is 1. The van der Waals surface area contributed by atoms with Crippen molar-refractivity contribution in [3.63, 3.8) is 0 Å². The minimum atomic E-state index is -0.507. The van der Waals surface area contributed by atoms with E-state index in [2.05, 4.69) is 5.32 Å². The molecule has 0 unspecified atom stereocenters. The molecule has 1 aromatic carbocycles. The highest BCUT2D eigenvalue weighted by Crippen LogP contribution is 2.17. The Morgan fingerprint density at radius 2 is 1.86 bits per heavy atom. The molecule has 0 aliphatic heterocycles. The van der Waals surface area contributed by atoms with E-state index in [0.717, 1.165) is 12.8 Å². The van der Waals surface area contributed by atoms with Crippen molar-refractivity contribution in [3.8, 4) is 5.75 Å². The van der Waals surface area contributed by atoms with E-state index in [9.17, 15) is 9.18 Å². The van der Waals surface area contributed by atoms with Crippen molar-refractivity contribution < 1.29 is 13.9 Å². The lowest BCUT2D eigenvalue weighted by molar-refractivity contribution is -0.124. The van der Waals surface area contributed by atoms with Gasteiger partial charge < -0.3 is 15.8 Å². The third-order valence-corrected chi connectivity index (χ3v) is 3.17. The average Bonchev–Trinajstić information content (AvgIpc) is 2.42. The van der Waals surface area contributed by atoms with Gasteiger partial charge in [-0.1, -0.05) is 20.8 Å². The van der Waals surface area contributed by atoms with Crippen LogP contribution < -0.4 is 15.8 Å². The van der Waals surface area contributed by atoms with Crippen LogP contribution in [0, 0.1) is 11.2 Å². The molecule has 0 fully saturated rings. The van der Waals surface area contributed by atoms with E-state index in [0.29, 0.717) is 18.9 Å². The van der Waals surface area contributed by atoms with Gasteiger partial charge in [-0.15, -0.1) is 12.4 Å². The predicted molar refractivity (Wildman–Crippen MR) is 88.8 cm³/mol. The van der Waals surface area contributed by atoms with E-state index in [-0.39, 0.29) is 29.5 Å². The summed E-state index contributed by atoms with van der Waals surface area (Å²) in [6.07, 6.45) is 1.62. The maximum atomic E-state index is 12.7. The highest BCUT2D eigenvalue weighted by atomic mass is 35.5. The molecule has 0 aliphatic carbocycles. The van der Waals surface area contributed by atoms with Crippen LogP contribution in [0.15, 0.2) is 24.3 Å². The van der Waals surface area contributed by atoms with Gasteiger partial charge in [0.15, 0.2) is 0 Å². The summed E-state index contributed by atoms with van der Waals surface area (Å²) in [5, 5.41) is 2.83. The number of hydrogen-bond acceptors (Lipinski definition) is 3. The largest absolute Gasteiger partial charge is 0.494 e. The van der Waals surface area contributed by atoms with Gasteiger partial charge in [0.25, 0.3) is 0 Å². The molecule has 3 N–H and O–H groups in total. The van der Waals surface area contributed by atoms with Gasteiger partial charge in [-0.25, -0.2) is 4.39 Å². The van der Waals surface area contributed by atoms with Gasteiger partial charge in [-0.05, 0) is 42.5 Å². The number of unbranched alkanes of at least 4 members (excludes halogenated alkanes) is 1. The van der Waals surface area contributed by atoms with Crippen LogP contribution in [0.25, 0.3) is 0 Å². The van der Waals surface area contributed by atoms with Crippen molar-refractivity contribution in [1.82, 2.24) is 5.32 Å². The Hall–Kier alpha value is -1.33. The average molecular weight is 333 g/mol. The number of hydrogen-bond donors (Lipinski definition) is 2. The Labute approximate surface area is 138 Å². The summed E-state index contributed by atoms with van der Waals surface area (Å²) in [6.45, 7) is 6.93. The van der Waals surface area contributed by atoms with Gasteiger partial charge in [-0.2, -0.15) is 0 Å². The first-order chi connectivity index (χ1) is 9.80. The van der Waals surface area contributed by atoms with Crippen molar-refractivity contribution in [1.29, 1.82) is 0 Å². The molecule has 0 bridgehead atoms. The summed E-state index contributed by atoms with van der Waals surface area (Å²) < 4.78 is 18.2. The van der Waals surface area contributed by atoms with Gasteiger partial charge in [0, 0.05) is 6.54 Å². The summed E-state index contributed by atoms with van der Waals surface area (Å²) >= 11 is 0.